The highest BCUT2D eigenvalue weighted by molar-refractivity contribution is 7.98. The number of pyridine rings is 1. The Hall–Kier alpha value is -2.51. The van der Waals surface area contributed by atoms with Crippen molar-refractivity contribution in [1.82, 2.24) is 24.7 Å². The van der Waals surface area contributed by atoms with E-state index >= 15 is 0 Å². The van der Waals surface area contributed by atoms with E-state index in [1.165, 1.54) is 24.0 Å². The molecule has 1 aliphatic rings. The summed E-state index contributed by atoms with van der Waals surface area (Å²) in [5, 5.41) is 13.2. The van der Waals surface area contributed by atoms with Crippen LogP contribution in [-0.2, 0) is 5.75 Å². The van der Waals surface area contributed by atoms with Crippen LogP contribution in [0.15, 0.2) is 59.3 Å². The zero-order chi connectivity index (χ0) is 20.5. The second-order valence-electron chi connectivity index (χ2n) is 7.85. The van der Waals surface area contributed by atoms with Gasteiger partial charge in [0, 0.05) is 40.7 Å². The van der Waals surface area contributed by atoms with E-state index in [0.717, 1.165) is 33.0 Å². The zero-order valence-corrected chi connectivity index (χ0v) is 18.7. The quantitative estimate of drug-likeness (QED) is 0.324. The molecule has 4 aromatic rings. The van der Waals surface area contributed by atoms with Crippen LogP contribution in [0.4, 0.5) is 0 Å². The molecule has 1 aromatic carbocycles. The average molecular weight is 434 g/mol. The van der Waals surface area contributed by atoms with Gasteiger partial charge in [0.25, 0.3) is 0 Å². The number of thiazole rings is 1. The molecule has 7 heteroatoms. The fourth-order valence-electron chi connectivity index (χ4n) is 3.39. The monoisotopic (exact) mass is 433 g/mol. The van der Waals surface area contributed by atoms with Crippen molar-refractivity contribution in [2.75, 3.05) is 0 Å². The summed E-state index contributed by atoms with van der Waals surface area (Å²) < 4.78 is 2.29. The molecule has 0 bridgehead atoms. The first-order valence-electron chi connectivity index (χ1n) is 10.2. The first-order chi connectivity index (χ1) is 14.7. The first-order valence-corrected chi connectivity index (χ1v) is 12.1. The topological polar surface area (TPSA) is 56.5 Å². The number of rotatable bonds is 7. The van der Waals surface area contributed by atoms with Crippen molar-refractivity contribution in [3.63, 3.8) is 0 Å². The fourth-order valence-corrected chi connectivity index (χ4v) is 5.22. The number of aromatic nitrogens is 5. The molecule has 1 fully saturated rings. The molecule has 5 rings (SSSR count). The van der Waals surface area contributed by atoms with Crippen LogP contribution in [0, 0.1) is 0 Å². The molecule has 3 aromatic heterocycles. The van der Waals surface area contributed by atoms with E-state index in [4.69, 9.17) is 4.98 Å². The predicted octanol–water partition coefficient (Wildman–Crippen LogP) is 6.21. The van der Waals surface area contributed by atoms with E-state index in [1.54, 1.807) is 35.5 Å². The van der Waals surface area contributed by atoms with Crippen molar-refractivity contribution in [3.8, 4) is 22.0 Å². The fraction of sp³-hybridized carbons (Fsp3) is 0.304. The maximum atomic E-state index is 4.86. The van der Waals surface area contributed by atoms with Crippen LogP contribution < -0.4 is 0 Å². The van der Waals surface area contributed by atoms with Gasteiger partial charge in [-0.1, -0.05) is 49.9 Å². The van der Waals surface area contributed by atoms with Gasteiger partial charge in [0.05, 0.1) is 5.69 Å². The number of hydrogen-bond acceptors (Lipinski definition) is 6. The molecular formula is C23H23N5S2. The van der Waals surface area contributed by atoms with Gasteiger partial charge in [0.2, 0.25) is 0 Å². The van der Waals surface area contributed by atoms with Gasteiger partial charge in [0.1, 0.15) is 5.01 Å². The molecule has 5 nitrogen and oxygen atoms in total. The maximum Gasteiger partial charge on any atom is 0.192 e. The second-order valence-corrected chi connectivity index (χ2v) is 9.65. The van der Waals surface area contributed by atoms with Crippen molar-refractivity contribution in [2.45, 2.75) is 49.6 Å². The normalized spacial score (nSPS) is 13.8. The molecule has 30 heavy (non-hydrogen) atoms. The molecule has 152 valence electrons. The van der Waals surface area contributed by atoms with Crippen LogP contribution in [0.3, 0.4) is 0 Å². The molecule has 0 aliphatic heterocycles. The van der Waals surface area contributed by atoms with Crippen molar-refractivity contribution in [1.29, 1.82) is 0 Å². The third-order valence-corrected chi connectivity index (χ3v) is 7.16. The van der Waals surface area contributed by atoms with Crippen LogP contribution in [-0.4, -0.2) is 24.7 Å². The van der Waals surface area contributed by atoms with Crippen molar-refractivity contribution in [3.05, 3.63) is 65.4 Å². The predicted molar refractivity (Wildman–Crippen MR) is 123 cm³/mol. The lowest BCUT2D eigenvalue weighted by Gasteiger charge is -2.08. The Kier molecular flexibility index (Phi) is 5.39. The van der Waals surface area contributed by atoms with Crippen molar-refractivity contribution >= 4 is 23.1 Å². The van der Waals surface area contributed by atoms with E-state index in [-0.39, 0.29) is 0 Å². The van der Waals surface area contributed by atoms with Crippen molar-refractivity contribution in [2.24, 2.45) is 0 Å². The average Bonchev–Trinajstić information content (AvgIpc) is 3.34. The minimum Gasteiger partial charge on any atom is -0.299 e. The lowest BCUT2D eigenvalue weighted by atomic mass is 10.0. The summed E-state index contributed by atoms with van der Waals surface area (Å²) in [6.45, 7) is 4.43. The molecule has 0 amide bonds. The number of hydrogen-bond donors (Lipinski definition) is 0. The molecule has 0 N–H and O–H groups in total. The van der Waals surface area contributed by atoms with Crippen LogP contribution >= 0.6 is 23.1 Å². The third-order valence-electron chi connectivity index (χ3n) is 5.24. The Labute approximate surface area is 184 Å². The van der Waals surface area contributed by atoms with Gasteiger partial charge in [-0.15, -0.1) is 21.5 Å². The van der Waals surface area contributed by atoms with Crippen LogP contribution in [0.5, 0.6) is 0 Å². The number of thioether (sulfide) groups is 1. The van der Waals surface area contributed by atoms with Gasteiger partial charge in [-0.25, -0.2) is 4.98 Å². The minimum atomic E-state index is 0.510. The van der Waals surface area contributed by atoms with Crippen molar-refractivity contribution < 1.29 is 0 Å². The highest BCUT2D eigenvalue weighted by Gasteiger charge is 2.30. The molecule has 3 heterocycles. The number of nitrogens with zero attached hydrogens (tertiary/aromatic N) is 5. The summed E-state index contributed by atoms with van der Waals surface area (Å²) >= 11 is 3.42. The molecular weight excluding hydrogens is 410 g/mol. The summed E-state index contributed by atoms with van der Waals surface area (Å²) in [4.78, 5) is 8.97. The Morgan fingerprint density at radius 2 is 1.80 bits per heavy atom. The summed E-state index contributed by atoms with van der Waals surface area (Å²) in [7, 11) is 0. The van der Waals surface area contributed by atoms with Gasteiger partial charge in [-0.2, -0.15) is 0 Å². The Bertz CT molecular complexity index is 1130. The van der Waals surface area contributed by atoms with Gasteiger partial charge >= 0.3 is 0 Å². The molecule has 1 aliphatic carbocycles. The number of benzene rings is 1. The largest absolute Gasteiger partial charge is 0.299 e. The van der Waals surface area contributed by atoms with Crippen LogP contribution in [0.2, 0.25) is 0 Å². The van der Waals surface area contributed by atoms with E-state index in [1.807, 2.05) is 12.1 Å². The zero-order valence-electron chi connectivity index (χ0n) is 17.0. The molecule has 0 spiro atoms. The molecule has 0 saturated heterocycles. The lowest BCUT2D eigenvalue weighted by Crippen LogP contribution is -2.00. The Morgan fingerprint density at radius 3 is 2.50 bits per heavy atom. The van der Waals surface area contributed by atoms with E-state index in [2.05, 4.69) is 63.2 Å². The molecule has 0 unspecified atom stereocenters. The second kappa shape index (κ2) is 8.32. The smallest absolute Gasteiger partial charge is 0.192 e. The van der Waals surface area contributed by atoms with Crippen LogP contribution in [0.1, 0.15) is 49.9 Å². The van der Waals surface area contributed by atoms with Crippen LogP contribution in [0.25, 0.3) is 22.0 Å². The lowest BCUT2D eigenvalue weighted by molar-refractivity contribution is 0.669. The van der Waals surface area contributed by atoms with E-state index < -0.39 is 0 Å². The third kappa shape index (κ3) is 4.04. The highest BCUT2D eigenvalue weighted by Crippen LogP contribution is 2.41. The standard InChI is InChI=1S/C23H23N5S2/c1-15(2)16-3-5-18(6-4-16)22-25-19(13-29-22)14-30-23-27-26-21(28(23)20-7-8-20)17-9-11-24-12-10-17/h3-6,9-13,15,20H,7-8,14H2,1-2H3. The summed E-state index contributed by atoms with van der Waals surface area (Å²) in [6, 6.07) is 13.3. The Balaban J connectivity index is 1.32. The molecule has 1 saturated carbocycles. The van der Waals surface area contributed by atoms with E-state index in [9.17, 15) is 0 Å². The molecule has 0 atom stereocenters. The van der Waals surface area contributed by atoms with Gasteiger partial charge < -0.3 is 0 Å². The summed E-state index contributed by atoms with van der Waals surface area (Å²) in [6.07, 6.45) is 5.99. The summed E-state index contributed by atoms with van der Waals surface area (Å²) in [5.41, 5.74) is 4.69. The van der Waals surface area contributed by atoms with Gasteiger partial charge in [-0.05, 0) is 36.5 Å². The minimum absolute atomic E-state index is 0.510. The highest BCUT2D eigenvalue weighted by atomic mass is 32.2. The van der Waals surface area contributed by atoms with Gasteiger partial charge in [-0.3, -0.25) is 9.55 Å². The summed E-state index contributed by atoms with van der Waals surface area (Å²) in [5.74, 6) is 2.27. The SMILES string of the molecule is CC(C)c1ccc(-c2nc(CSc3nnc(-c4ccncc4)n3C3CC3)cs2)cc1. The van der Waals surface area contributed by atoms with Gasteiger partial charge in [0.15, 0.2) is 11.0 Å². The molecule has 0 radical (unpaired) electrons. The first kappa shape index (κ1) is 19.5. The Morgan fingerprint density at radius 1 is 1.03 bits per heavy atom. The van der Waals surface area contributed by atoms with E-state index in [0.29, 0.717) is 12.0 Å². The maximum absolute atomic E-state index is 4.86.